The van der Waals surface area contributed by atoms with Crippen molar-refractivity contribution in [3.05, 3.63) is 0 Å². The van der Waals surface area contributed by atoms with Gasteiger partial charge in [-0.1, -0.05) is 12.2 Å². The fraction of sp³-hybridized carbons (Fsp3) is 1.00. The van der Waals surface area contributed by atoms with Crippen LogP contribution in [-0.4, -0.2) is 32.2 Å². The summed E-state index contributed by atoms with van der Waals surface area (Å²) in [5.74, 6) is 0. The molecule has 26 valence electrons. The highest BCUT2D eigenvalue weighted by Crippen LogP contribution is 1.67. The predicted molar refractivity (Wildman–Crippen MR) is 24.5 cm³/mol. The first-order valence-corrected chi connectivity index (χ1v) is 3.50. The topological polar surface area (TPSA) is 9.23 Å². The van der Waals surface area contributed by atoms with Gasteiger partial charge in [0.1, 0.15) is 0 Å². The van der Waals surface area contributed by atoms with Crippen molar-refractivity contribution >= 4 is 32.2 Å². The molecule has 0 aromatic heterocycles. The molecule has 0 saturated heterocycles. The molecule has 0 unspecified atom stereocenters. The average molecular weight is 100 g/mol. The van der Waals surface area contributed by atoms with Gasteiger partial charge < -0.3 is 2.84 Å². The van der Waals surface area contributed by atoms with E-state index in [9.17, 15) is 0 Å². The van der Waals surface area contributed by atoms with Gasteiger partial charge in [-0.05, 0) is 0 Å². The molecule has 0 bridgehead atoms. The first-order valence-electron chi connectivity index (χ1n) is 1.64. The lowest BCUT2D eigenvalue weighted by Crippen LogP contribution is -1.88. The van der Waals surface area contributed by atoms with Crippen molar-refractivity contribution in [3.63, 3.8) is 0 Å². The summed E-state index contributed by atoms with van der Waals surface area (Å²) in [5, 5.41) is 1.21. The summed E-state index contributed by atoms with van der Waals surface area (Å²) >= 11 is 1.91. The maximum Gasteiger partial charge on any atom is 0.390 e. The molecule has 0 rings (SSSR count). The summed E-state index contributed by atoms with van der Waals surface area (Å²) in [6.45, 7) is 2.13. The molecule has 1 nitrogen and oxygen atoms in total. The van der Waals surface area contributed by atoms with E-state index in [0.29, 0.717) is 15.6 Å². The van der Waals surface area contributed by atoms with Crippen LogP contribution in [0.5, 0.6) is 0 Å². The zero-order valence-electron chi connectivity index (χ0n) is 3.40. The maximum atomic E-state index is 4.80. The maximum absolute atomic E-state index is 4.80. The Kier molecular flexibility index (Phi) is 6.05. The number of hydrogen-bond acceptors (Lipinski definition) is 1. The zero-order chi connectivity index (χ0) is 4.12. The lowest BCUT2D eigenvalue weighted by molar-refractivity contribution is 0.663. The summed E-state index contributed by atoms with van der Waals surface area (Å²) in [6, 6.07) is 0. The van der Waals surface area contributed by atoms with E-state index in [2.05, 4.69) is 6.92 Å². The van der Waals surface area contributed by atoms with Crippen molar-refractivity contribution in [2.24, 2.45) is 0 Å². The van der Waals surface area contributed by atoms with Crippen molar-refractivity contribution in [2.75, 3.05) is 0 Å². The second-order valence-corrected chi connectivity index (χ2v) is 3.22. The lowest BCUT2D eigenvalue weighted by atomic mass is 11.0. The molecule has 0 heterocycles. The highest BCUT2D eigenvalue weighted by Gasteiger charge is 1.76. The minimum atomic E-state index is 0.327. The smallest absolute Gasteiger partial charge is 0.390 e. The summed E-state index contributed by atoms with van der Waals surface area (Å²) in [4.78, 5) is 0. The Balaban J connectivity index is 2.19. The zero-order valence-corrected chi connectivity index (χ0v) is 5.97. The van der Waals surface area contributed by atoms with Crippen LogP contribution < -0.4 is 0 Å². The van der Waals surface area contributed by atoms with Crippen LogP contribution in [0.3, 0.4) is 0 Å². The molecule has 0 aliphatic carbocycles. The molecule has 3 heteroatoms. The summed E-state index contributed by atoms with van der Waals surface area (Å²) in [7, 11) is 0. The number of rotatable bonds is 2. The van der Waals surface area contributed by atoms with E-state index in [1.165, 1.54) is 5.28 Å². The minimum absolute atomic E-state index is 0.327. The molecule has 0 aliphatic heterocycles. The standard InChI is InChI=1S/C2H5.2Al.O.H/c1-2;;;;/h1H2,2H3;;;;. The SMILES string of the molecule is C[CH2][Al][O][AlH]. The third-order valence-corrected chi connectivity index (χ3v) is 1.56. The molecule has 0 aromatic carbocycles. The molecule has 0 aromatic rings. The lowest BCUT2D eigenvalue weighted by Gasteiger charge is -1.83. The van der Waals surface area contributed by atoms with Crippen molar-refractivity contribution < 1.29 is 2.84 Å². The van der Waals surface area contributed by atoms with Crippen LogP contribution in [-0.2, 0) is 2.84 Å². The molecule has 0 atom stereocenters. The Morgan fingerprint density at radius 1 is 2.00 bits per heavy atom. The molecular weight excluding hydrogens is 94.0 g/mol. The quantitative estimate of drug-likeness (QED) is 0.439. The van der Waals surface area contributed by atoms with Gasteiger partial charge in [0.25, 0.3) is 0 Å². The van der Waals surface area contributed by atoms with Crippen LogP contribution in [0.25, 0.3) is 0 Å². The van der Waals surface area contributed by atoms with Gasteiger partial charge >= 0.3 is 32.2 Å². The summed E-state index contributed by atoms with van der Waals surface area (Å²) in [6.07, 6.45) is 0. The van der Waals surface area contributed by atoms with Gasteiger partial charge in [0.2, 0.25) is 0 Å². The first kappa shape index (κ1) is 6.02. The van der Waals surface area contributed by atoms with E-state index < -0.39 is 0 Å². The second-order valence-electron chi connectivity index (χ2n) is 0.742. The molecule has 5 heavy (non-hydrogen) atoms. The van der Waals surface area contributed by atoms with E-state index in [1.807, 2.05) is 0 Å². The Bertz CT molecular complexity index is 15.1. The fourth-order valence-corrected chi connectivity index (χ4v) is 1.06. The van der Waals surface area contributed by atoms with Gasteiger partial charge in [0, 0.05) is 0 Å². The van der Waals surface area contributed by atoms with Gasteiger partial charge in [0.15, 0.2) is 0 Å². The molecule has 2 radical (unpaired) electrons. The molecule has 0 aliphatic rings. The second kappa shape index (κ2) is 5.02. The summed E-state index contributed by atoms with van der Waals surface area (Å²) < 4.78 is 4.80. The largest absolute Gasteiger partial charge is 0.652 e. The van der Waals surface area contributed by atoms with Crippen molar-refractivity contribution in [3.8, 4) is 0 Å². The van der Waals surface area contributed by atoms with Crippen LogP contribution in [0.1, 0.15) is 6.92 Å². The van der Waals surface area contributed by atoms with Gasteiger partial charge in [0.05, 0.1) is 0 Å². The Hall–Kier alpha value is 1.02. The Labute approximate surface area is 47.5 Å². The predicted octanol–water partition coefficient (Wildman–Crippen LogP) is -0.124. The molecule has 0 N–H and O–H groups in total. The monoisotopic (exact) mass is 100 g/mol. The van der Waals surface area contributed by atoms with E-state index in [4.69, 9.17) is 2.84 Å². The molecule has 0 fully saturated rings. The highest BCUT2D eigenvalue weighted by atomic mass is 27.2. The molecule has 0 saturated carbocycles. The Morgan fingerprint density at radius 2 is 2.60 bits per heavy atom. The van der Waals surface area contributed by atoms with Crippen molar-refractivity contribution in [1.29, 1.82) is 0 Å². The van der Waals surface area contributed by atoms with Gasteiger partial charge in [-0.15, -0.1) is 0 Å². The fourth-order valence-electron chi connectivity index (χ4n) is 0.118. The minimum Gasteiger partial charge on any atom is -0.652 e. The van der Waals surface area contributed by atoms with E-state index in [1.54, 1.807) is 16.6 Å². The summed E-state index contributed by atoms with van der Waals surface area (Å²) in [5.41, 5.74) is 0. The average Bonchev–Trinajstić information content (AvgIpc) is 1.41. The van der Waals surface area contributed by atoms with E-state index >= 15 is 0 Å². The van der Waals surface area contributed by atoms with Crippen molar-refractivity contribution in [2.45, 2.75) is 12.2 Å². The van der Waals surface area contributed by atoms with Crippen LogP contribution in [0.4, 0.5) is 0 Å². The number of hydrogen-bond donors (Lipinski definition) is 0. The normalized spacial score (nSPS) is 7.40. The third-order valence-electron chi connectivity index (χ3n) is 0.285. The van der Waals surface area contributed by atoms with Gasteiger partial charge in [-0.2, -0.15) is 0 Å². The highest BCUT2D eigenvalue weighted by molar-refractivity contribution is 6.33. The van der Waals surface area contributed by atoms with Crippen LogP contribution in [0.15, 0.2) is 0 Å². The molecule has 0 amide bonds. The molecular formula is C2H6Al2O. The molecule has 0 spiro atoms. The Morgan fingerprint density at radius 3 is 2.60 bits per heavy atom. The van der Waals surface area contributed by atoms with Crippen LogP contribution in [0, 0.1) is 0 Å². The first-order chi connectivity index (χ1) is 2.41. The van der Waals surface area contributed by atoms with Crippen molar-refractivity contribution in [1.82, 2.24) is 0 Å². The van der Waals surface area contributed by atoms with Gasteiger partial charge in [-0.3, -0.25) is 0 Å². The van der Waals surface area contributed by atoms with Gasteiger partial charge in [-0.25, -0.2) is 0 Å². The van der Waals surface area contributed by atoms with E-state index in [-0.39, 0.29) is 0 Å². The third kappa shape index (κ3) is 5.02. The van der Waals surface area contributed by atoms with Crippen LogP contribution >= 0.6 is 0 Å². The van der Waals surface area contributed by atoms with E-state index in [0.717, 1.165) is 0 Å². The van der Waals surface area contributed by atoms with Crippen LogP contribution in [0.2, 0.25) is 5.28 Å².